The monoisotopic (exact) mass is 389 g/mol. The molecule has 0 spiro atoms. The summed E-state index contributed by atoms with van der Waals surface area (Å²) in [5.41, 5.74) is 3.49. The van der Waals surface area contributed by atoms with Crippen molar-refractivity contribution in [2.75, 3.05) is 23.8 Å². The molecule has 0 atom stereocenters. The van der Waals surface area contributed by atoms with Crippen LogP contribution in [0.5, 0.6) is 0 Å². The summed E-state index contributed by atoms with van der Waals surface area (Å²) in [7, 11) is 1.97. The minimum atomic E-state index is -0.229. The predicted octanol–water partition coefficient (Wildman–Crippen LogP) is 4.23. The first-order valence-electron chi connectivity index (χ1n) is 9.80. The number of pyridine rings is 1. The van der Waals surface area contributed by atoms with Crippen molar-refractivity contribution in [3.8, 4) is 0 Å². The van der Waals surface area contributed by atoms with E-state index in [0.29, 0.717) is 17.4 Å². The summed E-state index contributed by atoms with van der Waals surface area (Å²) in [5, 5.41) is 3.00. The zero-order chi connectivity index (χ0) is 20.8. The van der Waals surface area contributed by atoms with Crippen molar-refractivity contribution in [3.63, 3.8) is 0 Å². The minimum Gasteiger partial charge on any atom is -0.359 e. The second kappa shape index (κ2) is 9.28. The van der Waals surface area contributed by atoms with E-state index < -0.39 is 0 Å². The van der Waals surface area contributed by atoms with E-state index in [1.165, 1.54) is 5.56 Å². The smallest absolute Gasteiger partial charge is 0.274 e. The van der Waals surface area contributed by atoms with Gasteiger partial charge in [0, 0.05) is 37.7 Å². The van der Waals surface area contributed by atoms with Crippen LogP contribution >= 0.6 is 0 Å². The molecule has 1 aromatic carbocycles. The Morgan fingerprint density at radius 2 is 1.83 bits per heavy atom. The molecule has 6 heteroatoms. The van der Waals surface area contributed by atoms with Gasteiger partial charge in [-0.1, -0.05) is 32.0 Å². The zero-order valence-electron chi connectivity index (χ0n) is 17.4. The summed E-state index contributed by atoms with van der Waals surface area (Å²) in [6, 6.07) is 13.6. The second-order valence-corrected chi connectivity index (χ2v) is 7.38. The quantitative estimate of drug-likeness (QED) is 0.655. The third-order valence-corrected chi connectivity index (χ3v) is 4.76. The number of nitrogens with one attached hydrogen (secondary N) is 1. The van der Waals surface area contributed by atoms with Crippen LogP contribution in [0, 0.1) is 6.92 Å². The highest BCUT2D eigenvalue weighted by Gasteiger charge is 2.15. The van der Waals surface area contributed by atoms with Crippen molar-refractivity contribution in [2.24, 2.45) is 0 Å². The van der Waals surface area contributed by atoms with Crippen LogP contribution in [0.4, 0.5) is 11.5 Å². The van der Waals surface area contributed by atoms with Gasteiger partial charge in [0.15, 0.2) is 0 Å². The third kappa shape index (κ3) is 5.38. The van der Waals surface area contributed by atoms with Gasteiger partial charge >= 0.3 is 0 Å². The Kier molecular flexibility index (Phi) is 6.54. The first-order chi connectivity index (χ1) is 13.9. The maximum Gasteiger partial charge on any atom is 0.274 e. The van der Waals surface area contributed by atoms with E-state index in [1.807, 2.05) is 48.3 Å². The van der Waals surface area contributed by atoms with Crippen molar-refractivity contribution in [1.82, 2.24) is 15.0 Å². The lowest BCUT2D eigenvalue weighted by Crippen LogP contribution is -2.23. The summed E-state index contributed by atoms with van der Waals surface area (Å²) in [5.74, 6) is 1.38. The number of aryl methyl sites for hydroxylation is 1. The third-order valence-electron chi connectivity index (χ3n) is 4.76. The van der Waals surface area contributed by atoms with Gasteiger partial charge in [-0.3, -0.25) is 9.78 Å². The summed E-state index contributed by atoms with van der Waals surface area (Å²) in [6.07, 6.45) is 4.45. The van der Waals surface area contributed by atoms with Crippen LogP contribution in [-0.2, 0) is 6.42 Å². The Labute approximate surface area is 172 Å². The van der Waals surface area contributed by atoms with Gasteiger partial charge in [-0.05, 0) is 48.6 Å². The molecular weight excluding hydrogens is 362 g/mol. The van der Waals surface area contributed by atoms with Crippen LogP contribution in [-0.4, -0.2) is 34.5 Å². The number of likely N-dealkylation sites (N-methyl/N-ethyl adjacent to an activating group) is 1. The predicted molar refractivity (Wildman–Crippen MR) is 116 cm³/mol. The number of rotatable bonds is 7. The Balaban J connectivity index is 1.75. The maximum absolute atomic E-state index is 12.9. The van der Waals surface area contributed by atoms with Crippen molar-refractivity contribution in [1.29, 1.82) is 0 Å². The number of nitrogens with zero attached hydrogens (tertiary/aromatic N) is 4. The van der Waals surface area contributed by atoms with Crippen molar-refractivity contribution >= 4 is 17.4 Å². The lowest BCUT2D eigenvalue weighted by atomic mass is 10.0. The van der Waals surface area contributed by atoms with E-state index in [0.717, 1.165) is 30.0 Å². The molecule has 0 saturated carbocycles. The molecule has 1 amide bonds. The lowest BCUT2D eigenvalue weighted by Gasteiger charge is -2.19. The number of benzene rings is 1. The first kappa shape index (κ1) is 20.5. The number of anilines is 2. The molecule has 0 unspecified atom stereocenters. The topological polar surface area (TPSA) is 71.0 Å². The lowest BCUT2D eigenvalue weighted by molar-refractivity contribution is 0.102. The molecule has 2 aromatic heterocycles. The molecule has 0 bridgehead atoms. The number of carbonyl (C=O) groups is 1. The molecule has 0 saturated heterocycles. The van der Waals surface area contributed by atoms with Crippen molar-refractivity contribution in [2.45, 2.75) is 33.1 Å². The molecule has 150 valence electrons. The Morgan fingerprint density at radius 1 is 1.10 bits per heavy atom. The van der Waals surface area contributed by atoms with Crippen LogP contribution in [0.1, 0.15) is 47.2 Å². The largest absolute Gasteiger partial charge is 0.359 e. The zero-order valence-corrected chi connectivity index (χ0v) is 17.4. The van der Waals surface area contributed by atoms with Gasteiger partial charge in [0.1, 0.15) is 17.3 Å². The second-order valence-electron chi connectivity index (χ2n) is 7.38. The number of aromatic nitrogens is 3. The standard InChI is InChI=1S/C23H27N5O/c1-16(2)19-7-5-6-8-20(19)27-23(29)21-15-22(26-17(3)25-21)28(4)14-11-18-9-12-24-13-10-18/h5-10,12-13,15-16H,11,14H2,1-4H3,(H,27,29). The van der Waals surface area contributed by atoms with E-state index >= 15 is 0 Å². The summed E-state index contributed by atoms with van der Waals surface area (Å²) < 4.78 is 0. The van der Waals surface area contributed by atoms with E-state index in [-0.39, 0.29) is 5.91 Å². The molecule has 1 N–H and O–H groups in total. The van der Waals surface area contributed by atoms with E-state index in [1.54, 1.807) is 25.4 Å². The number of para-hydroxylation sites is 1. The molecule has 0 aliphatic carbocycles. The molecule has 3 aromatic rings. The molecule has 0 fully saturated rings. The number of hydrogen-bond donors (Lipinski definition) is 1. The molecule has 3 rings (SSSR count). The highest BCUT2D eigenvalue weighted by atomic mass is 16.1. The van der Waals surface area contributed by atoms with Crippen LogP contribution in [0.25, 0.3) is 0 Å². The summed E-state index contributed by atoms with van der Waals surface area (Å²) in [4.78, 5) is 27.8. The SMILES string of the molecule is Cc1nc(C(=O)Nc2ccccc2C(C)C)cc(N(C)CCc2ccncc2)n1. The van der Waals surface area contributed by atoms with Crippen LogP contribution < -0.4 is 10.2 Å². The average molecular weight is 390 g/mol. The number of hydrogen-bond acceptors (Lipinski definition) is 5. The fourth-order valence-electron chi connectivity index (χ4n) is 3.13. The van der Waals surface area contributed by atoms with Crippen LogP contribution in [0.2, 0.25) is 0 Å². The summed E-state index contributed by atoms with van der Waals surface area (Å²) >= 11 is 0. The Bertz CT molecular complexity index is 972. The molecule has 6 nitrogen and oxygen atoms in total. The highest BCUT2D eigenvalue weighted by Crippen LogP contribution is 2.24. The Hall–Kier alpha value is -3.28. The van der Waals surface area contributed by atoms with Gasteiger partial charge in [0.2, 0.25) is 0 Å². The molecule has 29 heavy (non-hydrogen) atoms. The van der Waals surface area contributed by atoms with Gasteiger partial charge in [0.05, 0.1) is 0 Å². The molecule has 0 aliphatic rings. The fourth-order valence-corrected chi connectivity index (χ4v) is 3.13. The molecular formula is C23H27N5O. The van der Waals surface area contributed by atoms with E-state index in [2.05, 4.69) is 34.1 Å². The van der Waals surface area contributed by atoms with E-state index in [4.69, 9.17) is 0 Å². The van der Waals surface area contributed by atoms with Gasteiger partial charge in [-0.2, -0.15) is 0 Å². The number of carbonyl (C=O) groups excluding carboxylic acids is 1. The maximum atomic E-state index is 12.9. The summed E-state index contributed by atoms with van der Waals surface area (Å²) in [6.45, 7) is 6.79. The Morgan fingerprint density at radius 3 is 2.55 bits per heavy atom. The fraction of sp³-hybridized carbons (Fsp3) is 0.304. The molecule has 0 radical (unpaired) electrons. The normalized spacial score (nSPS) is 10.8. The van der Waals surface area contributed by atoms with E-state index in [9.17, 15) is 4.79 Å². The van der Waals surface area contributed by atoms with Gasteiger partial charge < -0.3 is 10.2 Å². The van der Waals surface area contributed by atoms with Crippen LogP contribution in [0.15, 0.2) is 54.9 Å². The minimum absolute atomic E-state index is 0.229. The number of amides is 1. The molecule has 0 aliphatic heterocycles. The van der Waals surface area contributed by atoms with Gasteiger partial charge in [-0.15, -0.1) is 0 Å². The van der Waals surface area contributed by atoms with Crippen molar-refractivity contribution < 1.29 is 4.79 Å². The average Bonchev–Trinajstić information content (AvgIpc) is 2.72. The van der Waals surface area contributed by atoms with Crippen LogP contribution in [0.3, 0.4) is 0 Å². The first-order valence-corrected chi connectivity index (χ1v) is 9.80. The van der Waals surface area contributed by atoms with Crippen molar-refractivity contribution in [3.05, 3.63) is 77.5 Å². The van der Waals surface area contributed by atoms with Gasteiger partial charge in [-0.25, -0.2) is 9.97 Å². The highest BCUT2D eigenvalue weighted by molar-refractivity contribution is 6.03. The molecule has 2 heterocycles. The van der Waals surface area contributed by atoms with Gasteiger partial charge in [0.25, 0.3) is 5.91 Å².